The molecule has 1 saturated heterocycles. The quantitative estimate of drug-likeness (QED) is 0.754. The van der Waals surface area contributed by atoms with Crippen molar-refractivity contribution in [3.05, 3.63) is 35.9 Å². The summed E-state index contributed by atoms with van der Waals surface area (Å²) in [6.45, 7) is 0.770. The first-order chi connectivity index (χ1) is 9.18. The van der Waals surface area contributed by atoms with Crippen LogP contribution in [0, 0.1) is 0 Å². The lowest BCUT2D eigenvalue weighted by atomic mass is 10.1. The van der Waals surface area contributed by atoms with Crippen LogP contribution in [0.25, 0.3) is 0 Å². The molecule has 19 heavy (non-hydrogen) atoms. The van der Waals surface area contributed by atoms with Gasteiger partial charge in [0.15, 0.2) is 6.04 Å². The summed E-state index contributed by atoms with van der Waals surface area (Å²) in [5, 5.41) is 14.9. The van der Waals surface area contributed by atoms with Gasteiger partial charge in [-0.25, -0.2) is 4.79 Å². The van der Waals surface area contributed by atoms with Crippen molar-refractivity contribution < 1.29 is 14.7 Å². The highest BCUT2D eigenvalue weighted by molar-refractivity contribution is 7.99. The number of benzene rings is 1. The van der Waals surface area contributed by atoms with Crippen molar-refractivity contribution in [1.82, 2.24) is 10.6 Å². The normalized spacial score (nSPS) is 20.5. The molecule has 102 valence electrons. The minimum absolute atomic E-state index is 0.261. The van der Waals surface area contributed by atoms with Gasteiger partial charge in [0.1, 0.15) is 0 Å². The van der Waals surface area contributed by atoms with E-state index in [9.17, 15) is 14.7 Å². The molecule has 5 nitrogen and oxygen atoms in total. The second kappa shape index (κ2) is 6.58. The smallest absolute Gasteiger partial charge is 0.330 e. The highest BCUT2D eigenvalue weighted by Gasteiger charge is 2.27. The van der Waals surface area contributed by atoms with Gasteiger partial charge in [0.25, 0.3) is 0 Å². The molecule has 0 spiro atoms. The maximum absolute atomic E-state index is 12.0. The standard InChI is InChI=1S/C13H16N2O3S/c16-12(10-8-19-7-6-14-10)15-11(13(17)18)9-4-2-1-3-5-9/h1-5,10-11,14H,6-8H2,(H,15,16)(H,17,18). The molecular formula is C13H16N2O3S. The van der Waals surface area contributed by atoms with Crippen LogP contribution in [0.4, 0.5) is 0 Å². The second-order valence-corrected chi connectivity index (χ2v) is 5.42. The lowest BCUT2D eigenvalue weighted by Crippen LogP contribution is -2.50. The summed E-state index contributed by atoms with van der Waals surface area (Å²) < 4.78 is 0. The predicted octanol–water partition coefficient (Wildman–Crippen LogP) is 0.633. The molecule has 1 heterocycles. The third kappa shape index (κ3) is 3.71. The molecule has 0 radical (unpaired) electrons. The van der Waals surface area contributed by atoms with Gasteiger partial charge in [-0.1, -0.05) is 30.3 Å². The first-order valence-corrected chi connectivity index (χ1v) is 7.23. The van der Waals surface area contributed by atoms with Crippen LogP contribution < -0.4 is 10.6 Å². The average Bonchev–Trinajstić information content (AvgIpc) is 2.46. The SMILES string of the molecule is O=C(NC(C(=O)O)c1ccccc1)C1CSCCN1. The summed E-state index contributed by atoms with van der Waals surface area (Å²) in [7, 11) is 0. The molecule has 2 unspecified atom stereocenters. The van der Waals surface area contributed by atoms with Crippen LogP contribution >= 0.6 is 11.8 Å². The monoisotopic (exact) mass is 280 g/mol. The highest BCUT2D eigenvalue weighted by Crippen LogP contribution is 2.14. The number of carboxylic acids is 1. The summed E-state index contributed by atoms with van der Waals surface area (Å²) in [5.74, 6) is 0.337. The molecule has 0 aromatic heterocycles. The molecule has 1 aromatic carbocycles. The Morgan fingerprint density at radius 1 is 1.37 bits per heavy atom. The van der Waals surface area contributed by atoms with Gasteiger partial charge < -0.3 is 15.7 Å². The molecule has 2 atom stereocenters. The molecule has 3 N–H and O–H groups in total. The fourth-order valence-electron chi connectivity index (χ4n) is 1.91. The molecule has 2 rings (SSSR count). The molecule has 0 saturated carbocycles. The van der Waals surface area contributed by atoms with Crippen molar-refractivity contribution in [3.63, 3.8) is 0 Å². The minimum atomic E-state index is -1.05. The van der Waals surface area contributed by atoms with Gasteiger partial charge in [0.05, 0.1) is 6.04 Å². The van der Waals surface area contributed by atoms with E-state index < -0.39 is 12.0 Å². The van der Waals surface area contributed by atoms with Gasteiger partial charge in [-0.15, -0.1) is 0 Å². The molecule has 1 fully saturated rings. The Labute approximate surface area is 115 Å². The highest BCUT2D eigenvalue weighted by atomic mass is 32.2. The van der Waals surface area contributed by atoms with Crippen molar-refractivity contribution >= 4 is 23.6 Å². The van der Waals surface area contributed by atoms with E-state index in [0.29, 0.717) is 11.3 Å². The predicted molar refractivity (Wildman–Crippen MR) is 74.1 cm³/mol. The number of carbonyl (C=O) groups excluding carboxylic acids is 1. The van der Waals surface area contributed by atoms with Crippen LogP contribution in [-0.2, 0) is 9.59 Å². The van der Waals surface area contributed by atoms with Gasteiger partial charge in [0.2, 0.25) is 5.91 Å². The third-order valence-electron chi connectivity index (χ3n) is 2.90. The summed E-state index contributed by atoms with van der Waals surface area (Å²) in [6.07, 6.45) is 0. The summed E-state index contributed by atoms with van der Waals surface area (Å²) in [6, 6.07) is 7.40. The van der Waals surface area contributed by atoms with Crippen LogP contribution in [0.1, 0.15) is 11.6 Å². The molecular weight excluding hydrogens is 264 g/mol. The average molecular weight is 280 g/mol. The topological polar surface area (TPSA) is 78.4 Å². The van der Waals surface area contributed by atoms with Crippen molar-refractivity contribution in [2.75, 3.05) is 18.1 Å². The van der Waals surface area contributed by atoms with E-state index in [2.05, 4.69) is 10.6 Å². The maximum atomic E-state index is 12.0. The number of thioether (sulfide) groups is 1. The molecule has 1 aliphatic heterocycles. The maximum Gasteiger partial charge on any atom is 0.330 e. The molecule has 0 bridgehead atoms. The number of amides is 1. The third-order valence-corrected chi connectivity index (χ3v) is 3.97. The van der Waals surface area contributed by atoms with Crippen LogP contribution in [0.3, 0.4) is 0 Å². The molecule has 1 amide bonds. The van der Waals surface area contributed by atoms with Crippen LogP contribution in [0.2, 0.25) is 0 Å². The Balaban J connectivity index is 2.04. The van der Waals surface area contributed by atoms with Gasteiger partial charge in [-0.2, -0.15) is 11.8 Å². The zero-order valence-corrected chi connectivity index (χ0v) is 11.2. The Morgan fingerprint density at radius 3 is 2.68 bits per heavy atom. The Bertz CT molecular complexity index is 446. The van der Waals surface area contributed by atoms with Gasteiger partial charge >= 0.3 is 5.97 Å². The minimum Gasteiger partial charge on any atom is -0.479 e. The first-order valence-electron chi connectivity index (χ1n) is 6.08. The van der Waals surface area contributed by atoms with E-state index >= 15 is 0 Å². The van der Waals surface area contributed by atoms with Crippen LogP contribution in [-0.4, -0.2) is 41.1 Å². The summed E-state index contributed by atoms with van der Waals surface area (Å²) >= 11 is 1.69. The zero-order chi connectivity index (χ0) is 13.7. The molecule has 0 aliphatic carbocycles. The van der Waals surface area contributed by atoms with E-state index in [-0.39, 0.29) is 11.9 Å². The fraction of sp³-hybridized carbons (Fsp3) is 0.385. The lowest BCUT2D eigenvalue weighted by molar-refractivity contribution is -0.142. The van der Waals surface area contributed by atoms with Crippen molar-refractivity contribution in [3.8, 4) is 0 Å². The lowest BCUT2D eigenvalue weighted by Gasteiger charge is -2.24. The van der Waals surface area contributed by atoms with E-state index in [1.165, 1.54) is 0 Å². The first kappa shape index (κ1) is 13.9. The Hall–Kier alpha value is -1.53. The molecule has 1 aromatic rings. The van der Waals surface area contributed by atoms with Crippen molar-refractivity contribution in [2.45, 2.75) is 12.1 Å². The fourth-order valence-corrected chi connectivity index (χ4v) is 2.84. The number of hydrogen-bond acceptors (Lipinski definition) is 4. The van der Waals surface area contributed by atoms with Gasteiger partial charge in [-0.3, -0.25) is 4.79 Å². The number of hydrogen-bond donors (Lipinski definition) is 3. The Morgan fingerprint density at radius 2 is 2.11 bits per heavy atom. The number of carboxylic acid groups (broad SMARTS) is 1. The summed E-state index contributed by atoms with van der Waals surface area (Å²) in [4.78, 5) is 23.3. The van der Waals surface area contributed by atoms with E-state index in [4.69, 9.17) is 0 Å². The molecule has 1 aliphatic rings. The summed E-state index contributed by atoms with van der Waals surface area (Å²) in [5.41, 5.74) is 0.576. The van der Waals surface area contributed by atoms with Crippen LogP contribution in [0.15, 0.2) is 30.3 Å². The van der Waals surface area contributed by atoms with Crippen LogP contribution in [0.5, 0.6) is 0 Å². The number of rotatable bonds is 4. The largest absolute Gasteiger partial charge is 0.479 e. The van der Waals surface area contributed by atoms with Crippen molar-refractivity contribution in [1.29, 1.82) is 0 Å². The van der Waals surface area contributed by atoms with E-state index in [0.717, 1.165) is 12.3 Å². The Kier molecular flexibility index (Phi) is 4.81. The van der Waals surface area contributed by atoms with Crippen molar-refractivity contribution in [2.24, 2.45) is 0 Å². The van der Waals surface area contributed by atoms with E-state index in [1.54, 1.807) is 36.0 Å². The van der Waals surface area contributed by atoms with Gasteiger partial charge in [0, 0.05) is 18.1 Å². The zero-order valence-electron chi connectivity index (χ0n) is 10.3. The number of nitrogens with one attached hydrogen (secondary N) is 2. The van der Waals surface area contributed by atoms with E-state index in [1.807, 2.05) is 6.07 Å². The molecule has 6 heteroatoms. The number of carbonyl (C=O) groups is 2. The second-order valence-electron chi connectivity index (χ2n) is 4.27. The van der Waals surface area contributed by atoms with Gasteiger partial charge in [-0.05, 0) is 5.56 Å². The number of aliphatic carboxylic acids is 1.